The molecule has 3 rings (SSSR count). The van der Waals surface area contributed by atoms with Gasteiger partial charge in [0, 0.05) is 45.3 Å². The third-order valence-corrected chi connectivity index (χ3v) is 4.32. The summed E-state index contributed by atoms with van der Waals surface area (Å²) < 4.78 is 11.3. The molecule has 2 heterocycles. The van der Waals surface area contributed by atoms with Crippen molar-refractivity contribution < 1.29 is 19.2 Å². The topological polar surface area (TPSA) is 93.9 Å². The van der Waals surface area contributed by atoms with E-state index >= 15 is 0 Å². The molecule has 0 aliphatic carbocycles. The van der Waals surface area contributed by atoms with Crippen LogP contribution < -0.4 is 10.2 Å². The van der Waals surface area contributed by atoms with Crippen LogP contribution in [0.5, 0.6) is 0 Å². The summed E-state index contributed by atoms with van der Waals surface area (Å²) in [6, 6.07) is 4.38. The molecule has 0 bridgehead atoms. The molecule has 0 saturated carbocycles. The smallest absolute Gasteiger partial charge is 0.270 e. The Morgan fingerprint density at radius 1 is 1.43 bits per heavy atom. The Kier molecular flexibility index (Phi) is 4.18. The fourth-order valence-electron chi connectivity index (χ4n) is 3.11. The van der Waals surface area contributed by atoms with E-state index in [0.29, 0.717) is 44.2 Å². The number of benzene rings is 1. The summed E-state index contributed by atoms with van der Waals surface area (Å²) in [7, 11) is 1.51. The number of ether oxygens (including phenoxy) is 2. The van der Waals surface area contributed by atoms with Crippen molar-refractivity contribution in [1.82, 2.24) is 5.32 Å². The van der Waals surface area contributed by atoms with Gasteiger partial charge in [-0.25, -0.2) is 0 Å². The van der Waals surface area contributed by atoms with Crippen LogP contribution in [-0.4, -0.2) is 56.4 Å². The highest BCUT2D eigenvalue weighted by atomic mass is 16.6. The maximum atomic E-state index is 12.1. The van der Waals surface area contributed by atoms with Gasteiger partial charge < -0.3 is 19.7 Å². The third kappa shape index (κ3) is 2.99. The number of nitrogens with one attached hydrogen (secondary N) is 1. The molecular formula is C15H19N3O5. The van der Waals surface area contributed by atoms with Gasteiger partial charge in [0.1, 0.15) is 5.60 Å². The van der Waals surface area contributed by atoms with Crippen LogP contribution in [0, 0.1) is 10.1 Å². The van der Waals surface area contributed by atoms with Gasteiger partial charge in [-0.1, -0.05) is 0 Å². The first kappa shape index (κ1) is 15.7. The molecule has 23 heavy (non-hydrogen) atoms. The molecule has 8 nitrogen and oxygen atoms in total. The zero-order valence-corrected chi connectivity index (χ0v) is 12.9. The number of carbonyl (C=O) groups excluding carboxylic acids is 1. The van der Waals surface area contributed by atoms with Crippen molar-refractivity contribution in [3.63, 3.8) is 0 Å². The second-order valence-corrected chi connectivity index (χ2v) is 5.79. The van der Waals surface area contributed by atoms with Crippen LogP contribution in [0.4, 0.5) is 11.4 Å². The second-order valence-electron chi connectivity index (χ2n) is 5.79. The minimum Gasteiger partial charge on any atom is -0.378 e. The fraction of sp³-hybridized carbons (Fsp3) is 0.533. The molecular weight excluding hydrogens is 302 g/mol. The van der Waals surface area contributed by atoms with Crippen molar-refractivity contribution in [2.45, 2.75) is 12.0 Å². The molecule has 124 valence electrons. The molecule has 1 atom stereocenters. The number of anilines is 1. The molecule has 1 unspecified atom stereocenters. The highest BCUT2D eigenvalue weighted by Gasteiger charge is 2.41. The monoisotopic (exact) mass is 321 g/mol. The van der Waals surface area contributed by atoms with E-state index in [1.807, 2.05) is 4.90 Å². The van der Waals surface area contributed by atoms with Crippen molar-refractivity contribution >= 4 is 17.3 Å². The number of morpholine rings is 1. The van der Waals surface area contributed by atoms with Crippen LogP contribution >= 0.6 is 0 Å². The number of carbonyl (C=O) groups is 1. The Labute approximate surface area is 133 Å². The van der Waals surface area contributed by atoms with Gasteiger partial charge in [-0.15, -0.1) is 0 Å². The van der Waals surface area contributed by atoms with Crippen molar-refractivity contribution in [3.8, 4) is 0 Å². The molecule has 0 aromatic heterocycles. The highest BCUT2D eigenvalue weighted by molar-refractivity contribution is 6.00. The van der Waals surface area contributed by atoms with E-state index in [-0.39, 0.29) is 17.2 Å². The van der Waals surface area contributed by atoms with Crippen molar-refractivity contribution in [1.29, 1.82) is 0 Å². The lowest BCUT2D eigenvalue weighted by atomic mass is 9.99. The lowest BCUT2D eigenvalue weighted by molar-refractivity contribution is -0.384. The number of rotatable bonds is 3. The van der Waals surface area contributed by atoms with Gasteiger partial charge in [-0.2, -0.15) is 0 Å². The zero-order valence-electron chi connectivity index (χ0n) is 12.9. The molecule has 1 amide bonds. The predicted octanol–water partition coefficient (Wildman–Crippen LogP) is 0.950. The van der Waals surface area contributed by atoms with Gasteiger partial charge >= 0.3 is 0 Å². The van der Waals surface area contributed by atoms with Crippen LogP contribution in [0.2, 0.25) is 0 Å². The Bertz CT molecular complexity index is 628. The lowest BCUT2D eigenvalue weighted by Crippen LogP contribution is -2.52. The molecule has 1 aromatic carbocycles. The molecule has 0 radical (unpaired) electrons. The molecule has 1 aromatic rings. The summed E-state index contributed by atoms with van der Waals surface area (Å²) in [5.41, 5.74) is 0.543. The highest BCUT2D eigenvalue weighted by Crippen LogP contribution is 2.33. The van der Waals surface area contributed by atoms with Crippen molar-refractivity contribution in [3.05, 3.63) is 33.9 Å². The van der Waals surface area contributed by atoms with Crippen LogP contribution in [0.25, 0.3) is 0 Å². The summed E-state index contributed by atoms with van der Waals surface area (Å²) in [5.74, 6) is -0.341. The Morgan fingerprint density at radius 2 is 2.26 bits per heavy atom. The third-order valence-electron chi connectivity index (χ3n) is 4.32. The van der Waals surface area contributed by atoms with E-state index < -0.39 is 4.92 Å². The predicted molar refractivity (Wildman–Crippen MR) is 82.8 cm³/mol. The molecule has 2 aliphatic rings. The second kappa shape index (κ2) is 6.13. The van der Waals surface area contributed by atoms with Gasteiger partial charge in [0.15, 0.2) is 0 Å². The number of nitro groups is 1. The fourth-order valence-corrected chi connectivity index (χ4v) is 3.11. The van der Waals surface area contributed by atoms with Crippen LogP contribution in [0.3, 0.4) is 0 Å². The number of non-ortho nitro benzene ring substituents is 1. The largest absolute Gasteiger partial charge is 0.378 e. The summed E-state index contributed by atoms with van der Waals surface area (Å²) in [5, 5.41) is 13.5. The molecule has 2 fully saturated rings. The Balaban J connectivity index is 1.94. The minimum absolute atomic E-state index is 0.0977. The van der Waals surface area contributed by atoms with Crippen LogP contribution in [0.15, 0.2) is 18.2 Å². The molecule has 1 N–H and O–H groups in total. The van der Waals surface area contributed by atoms with E-state index in [1.165, 1.54) is 19.2 Å². The van der Waals surface area contributed by atoms with Crippen LogP contribution in [-0.2, 0) is 9.47 Å². The van der Waals surface area contributed by atoms with Gasteiger partial charge in [0.2, 0.25) is 0 Å². The molecule has 8 heteroatoms. The van der Waals surface area contributed by atoms with E-state index in [1.54, 1.807) is 6.07 Å². The quantitative estimate of drug-likeness (QED) is 0.658. The maximum Gasteiger partial charge on any atom is 0.270 e. The molecule has 2 saturated heterocycles. The number of nitro benzene ring substituents is 1. The standard InChI is InChI=1S/C15H19N3O5/c1-16-14(19)12-8-11(18(20)21)2-3-13(12)17-5-7-23-15(9-17)4-6-22-10-15/h2-3,8H,4-7,9-10H2,1H3,(H,16,19). The number of hydrogen-bond acceptors (Lipinski definition) is 6. The molecule has 1 spiro atoms. The molecule has 2 aliphatic heterocycles. The Hall–Kier alpha value is -2.19. The summed E-state index contributed by atoms with van der Waals surface area (Å²) in [4.78, 5) is 24.7. The summed E-state index contributed by atoms with van der Waals surface area (Å²) in [6.45, 7) is 2.97. The number of amides is 1. The van der Waals surface area contributed by atoms with Gasteiger partial charge in [0.05, 0.1) is 29.4 Å². The van der Waals surface area contributed by atoms with Gasteiger partial charge in [-0.05, 0) is 6.07 Å². The number of nitrogens with zero attached hydrogens (tertiary/aromatic N) is 2. The van der Waals surface area contributed by atoms with Gasteiger partial charge in [0.25, 0.3) is 11.6 Å². The Morgan fingerprint density at radius 3 is 2.91 bits per heavy atom. The summed E-state index contributed by atoms with van der Waals surface area (Å²) in [6.07, 6.45) is 0.811. The number of hydrogen-bond donors (Lipinski definition) is 1. The van der Waals surface area contributed by atoms with Crippen LogP contribution in [0.1, 0.15) is 16.8 Å². The van der Waals surface area contributed by atoms with Gasteiger partial charge in [-0.3, -0.25) is 14.9 Å². The maximum absolute atomic E-state index is 12.1. The average molecular weight is 321 g/mol. The van der Waals surface area contributed by atoms with Crippen molar-refractivity contribution in [2.75, 3.05) is 44.9 Å². The van der Waals surface area contributed by atoms with Crippen molar-refractivity contribution in [2.24, 2.45) is 0 Å². The minimum atomic E-state index is -0.498. The average Bonchev–Trinajstić information content (AvgIpc) is 3.01. The first-order chi connectivity index (χ1) is 11.0. The van der Waals surface area contributed by atoms with E-state index in [9.17, 15) is 14.9 Å². The van der Waals surface area contributed by atoms with E-state index in [0.717, 1.165) is 6.42 Å². The first-order valence-electron chi connectivity index (χ1n) is 7.52. The SMILES string of the molecule is CNC(=O)c1cc([N+](=O)[O-])ccc1N1CCOC2(CCOC2)C1. The normalized spacial score (nSPS) is 24.0. The zero-order chi connectivity index (χ0) is 16.4. The van der Waals surface area contributed by atoms with E-state index in [2.05, 4.69) is 5.32 Å². The first-order valence-corrected chi connectivity index (χ1v) is 7.52. The summed E-state index contributed by atoms with van der Waals surface area (Å²) >= 11 is 0. The van der Waals surface area contributed by atoms with E-state index in [4.69, 9.17) is 9.47 Å². The lowest BCUT2D eigenvalue weighted by Gasteiger charge is -2.41.